The van der Waals surface area contributed by atoms with E-state index in [9.17, 15) is 8.42 Å². The Hall–Kier alpha value is 0.0469. The first-order valence-corrected chi connectivity index (χ1v) is 11.8. The molecule has 1 rings (SSSR count). The van der Waals surface area contributed by atoms with Gasteiger partial charge in [-0.3, -0.25) is 4.18 Å². The number of rotatable bonds is 5. The number of hydrogen-bond donors (Lipinski definition) is 0. The molecule has 0 aromatic carbocycles. The summed E-state index contributed by atoms with van der Waals surface area (Å²) in [5, 5.41) is 0.157. The minimum absolute atomic E-state index is 0.0791. The van der Waals surface area contributed by atoms with Gasteiger partial charge >= 0.3 is 0 Å². The van der Waals surface area contributed by atoms with E-state index < -0.39 is 18.4 Å². The topological polar surface area (TPSA) is 61.8 Å². The fourth-order valence-electron chi connectivity index (χ4n) is 1.81. The van der Waals surface area contributed by atoms with Crippen LogP contribution >= 0.6 is 0 Å². The molecular weight excluding hydrogens is 296 g/mol. The minimum atomic E-state index is -3.40. The Kier molecular flexibility index (Phi) is 5.82. The van der Waals surface area contributed by atoms with E-state index in [0.717, 1.165) is 6.26 Å². The molecule has 2 unspecified atom stereocenters. The normalized spacial score (nSPS) is 25.7. The monoisotopic (exact) mass is 324 g/mol. The first-order chi connectivity index (χ1) is 8.91. The summed E-state index contributed by atoms with van der Waals surface area (Å²) in [5.41, 5.74) is 0. The molecule has 120 valence electrons. The summed E-state index contributed by atoms with van der Waals surface area (Å²) < 4.78 is 39.2. The van der Waals surface area contributed by atoms with E-state index in [1.54, 1.807) is 0 Å². The molecule has 1 heterocycles. The average Bonchev–Trinajstić information content (AvgIpc) is 2.23. The zero-order valence-electron chi connectivity index (χ0n) is 13.4. The molecule has 0 aromatic heterocycles. The van der Waals surface area contributed by atoms with Gasteiger partial charge in [0.2, 0.25) is 0 Å². The van der Waals surface area contributed by atoms with Gasteiger partial charge in [-0.25, -0.2) is 0 Å². The first kappa shape index (κ1) is 18.1. The Labute approximate surface area is 124 Å². The van der Waals surface area contributed by atoms with E-state index in [-0.39, 0.29) is 17.2 Å². The van der Waals surface area contributed by atoms with Crippen molar-refractivity contribution in [2.24, 2.45) is 0 Å². The maximum absolute atomic E-state index is 11.2. The van der Waals surface area contributed by atoms with Crippen LogP contribution in [-0.2, 0) is 23.5 Å². The lowest BCUT2D eigenvalue weighted by atomic mass is 10.1. The third-order valence-electron chi connectivity index (χ3n) is 4.07. The highest BCUT2D eigenvalue weighted by Gasteiger charge is 2.38. The molecule has 1 aliphatic rings. The lowest BCUT2D eigenvalue weighted by molar-refractivity contribution is -0.0532. The van der Waals surface area contributed by atoms with Crippen LogP contribution < -0.4 is 0 Å². The summed E-state index contributed by atoms with van der Waals surface area (Å²) in [7, 11) is -5.20. The molecule has 0 aliphatic carbocycles. The van der Waals surface area contributed by atoms with Gasteiger partial charge in [-0.2, -0.15) is 8.42 Å². The molecule has 0 amide bonds. The van der Waals surface area contributed by atoms with Gasteiger partial charge in [0.25, 0.3) is 10.1 Å². The molecule has 5 nitrogen and oxygen atoms in total. The van der Waals surface area contributed by atoms with Gasteiger partial charge in [0.1, 0.15) is 0 Å². The largest absolute Gasteiger partial charge is 0.414 e. The van der Waals surface area contributed by atoms with Crippen LogP contribution in [0.25, 0.3) is 0 Å². The third kappa shape index (κ3) is 5.81. The Balaban J connectivity index is 2.49. The zero-order valence-corrected chi connectivity index (χ0v) is 15.2. The summed E-state index contributed by atoms with van der Waals surface area (Å²) in [6.07, 6.45) is 1.91. The van der Waals surface area contributed by atoms with Crippen LogP contribution in [0.1, 0.15) is 33.6 Å². The van der Waals surface area contributed by atoms with Crippen LogP contribution in [0.3, 0.4) is 0 Å². The van der Waals surface area contributed by atoms with E-state index in [1.165, 1.54) is 0 Å². The van der Waals surface area contributed by atoms with Crippen molar-refractivity contribution in [2.45, 2.75) is 64.0 Å². The van der Waals surface area contributed by atoms with Crippen molar-refractivity contribution >= 4 is 18.4 Å². The predicted molar refractivity (Wildman–Crippen MR) is 81.8 cm³/mol. The van der Waals surface area contributed by atoms with E-state index in [2.05, 4.69) is 33.9 Å². The van der Waals surface area contributed by atoms with Crippen LogP contribution in [0.2, 0.25) is 18.1 Å². The highest BCUT2D eigenvalue weighted by molar-refractivity contribution is 7.86. The zero-order chi connectivity index (χ0) is 15.6. The summed E-state index contributed by atoms with van der Waals surface area (Å²) in [4.78, 5) is 0. The molecule has 0 spiro atoms. The predicted octanol–water partition coefficient (Wildman–Crippen LogP) is 2.53. The van der Waals surface area contributed by atoms with Gasteiger partial charge in [-0.1, -0.05) is 20.8 Å². The number of ether oxygens (including phenoxy) is 1. The lowest BCUT2D eigenvalue weighted by Crippen LogP contribution is -2.44. The molecule has 0 aromatic rings. The SMILES string of the molecule is CC(C)(C)[Si](C)(C)OCC1CC(OS(C)(=O)=O)CCO1. The van der Waals surface area contributed by atoms with Crippen LogP contribution in [0, 0.1) is 0 Å². The quantitative estimate of drug-likeness (QED) is 0.574. The molecule has 20 heavy (non-hydrogen) atoms. The maximum Gasteiger partial charge on any atom is 0.264 e. The van der Waals surface area contributed by atoms with Gasteiger partial charge < -0.3 is 9.16 Å². The summed E-state index contributed by atoms with van der Waals surface area (Å²) in [6, 6.07) is 0. The van der Waals surface area contributed by atoms with Crippen molar-refractivity contribution in [2.75, 3.05) is 19.5 Å². The summed E-state index contributed by atoms with van der Waals surface area (Å²) in [6.45, 7) is 12.0. The summed E-state index contributed by atoms with van der Waals surface area (Å²) in [5.74, 6) is 0. The van der Waals surface area contributed by atoms with Crippen molar-refractivity contribution in [1.29, 1.82) is 0 Å². The molecule has 0 N–H and O–H groups in total. The van der Waals surface area contributed by atoms with Gasteiger partial charge in [0, 0.05) is 13.0 Å². The van der Waals surface area contributed by atoms with E-state index in [4.69, 9.17) is 13.3 Å². The van der Waals surface area contributed by atoms with Crippen molar-refractivity contribution in [3.05, 3.63) is 0 Å². The molecule has 2 atom stereocenters. The highest BCUT2D eigenvalue weighted by Crippen LogP contribution is 2.37. The fourth-order valence-corrected chi connectivity index (χ4v) is 3.52. The Bertz CT molecular complexity index is 413. The Morgan fingerprint density at radius 1 is 1.30 bits per heavy atom. The molecule has 7 heteroatoms. The third-order valence-corrected chi connectivity index (χ3v) is 9.19. The Morgan fingerprint density at radius 3 is 2.40 bits per heavy atom. The molecular formula is C13H28O5SSi. The second kappa shape index (κ2) is 6.44. The van der Waals surface area contributed by atoms with Gasteiger partial charge in [0.05, 0.1) is 25.1 Å². The van der Waals surface area contributed by atoms with Crippen molar-refractivity contribution in [1.82, 2.24) is 0 Å². The van der Waals surface area contributed by atoms with Crippen LogP contribution in [0.4, 0.5) is 0 Å². The van der Waals surface area contributed by atoms with E-state index in [0.29, 0.717) is 26.1 Å². The van der Waals surface area contributed by atoms with Crippen LogP contribution in [-0.4, -0.2) is 48.4 Å². The van der Waals surface area contributed by atoms with Crippen molar-refractivity contribution < 1.29 is 21.8 Å². The lowest BCUT2D eigenvalue weighted by Gasteiger charge is -2.38. The van der Waals surface area contributed by atoms with Crippen molar-refractivity contribution in [3.8, 4) is 0 Å². The molecule has 0 bridgehead atoms. The Morgan fingerprint density at radius 2 is 1.90 bits per heavy atom. The second-order valence-electron chi connectivity index (χ2n) is 7.01. The first-order valence-electron chi connectivity index (χ1n) is 7.04. The van der Waals surface area contributed by atoms with Gasteiger partial charge in [0.15, 0.2) is 8.32 Å². The highest BCUT2D eigenvalue weighted by atomic mass is 32.2. The van der Waals surface area contributed by atoms with E-state index >= 15 is 0 Å². The molecule has 0 saturated carbocycles. The molecule has 0 radical (unpaired) electrons. The second-order valence-corrected chi connectivity index (χ2v) is 13.4. The molecule has 1 saturated heterocycles. The smallest absolute Gasteiger partial charge is 0.264 e. The maximum atomic E-state index is 11.2. The summed E-state index contributed by atoms with van der Waals surface area (Å²) >= 11 is 0. The van der Waals surface area contributed by atoms with Crippen LogP contribution in [0.5, 0.6) is 0 Å². The van der Waals surface area contributed by atoms with Gasteiger partial charge in [-0.15, -0.1) is 0 Å². The van der Waals surface area contributed by atoms with Crippen LogP contribution in [0.15, 0.2) is 0 Å². The minimum Gasteiger partial charge on any atom is -0.414 e. The van der Waals surface area contributed by atoms with Crippen molar-refractivity contribution in [3.63, 3.8) is 0 Å². The number of hydrogen-bond acceptors (Lipinski definition) is 5. The van der Waals surface area contributed by atoms with Gasteiger partial charge in [-0.05, 0) is 24.6 Å². The average molecular weight is 325 g/mol. The molecule has 1 fully saturated rings. The molecule has 1 aliphatic heterocycles. The fraction of sp³-hybridized carbons (Fsp3) is 1.00. The standard InChI is InChI=1S/C13H28O5SSi/c1-13(2,3)20(5,6)17-10-12-9-11(7-8-16-12)18-19(4,14)15/h11-12H,7-10H2,1-6H3. The van der Waals surface area contributed by atoms with E-state index in [1.807, 2.05) is 0 Å².